The normalized spacial score (nSPS) is 18.6. The Morgan fingerprint density at radius 1 is 1.68 bits per heavy atom. The van der Waals surface area contributed by atoms with E-state index in [0.717, 1.165) is 12.6 Å². The van der Waals surface area contributed by atoms with Gasteiger partial charge in [-0.1, -0.05) is 0 Å². The third kappa shape index (κ3) is 3.64. The first-order valence-electron chi connectivity index (χ1n) is 6.44. The average molecular weight is 267 g/mol. The van der Waals surface area contributed by atoms with E-state index in [1.165, 1.54) is 12.3 Å². The number of anilines is 1. The Labute approximate surface area is 111 Å². The van der Waals surface area contributed by atoms with Crippen molar-refractivity contribution in [2.75, 3.05) is 31.6 Å². The monoisotopic (exact) mass is 267 g/mol. The molecule has 0 saturated carbocycles. The number of hydrogen-bond acceptors (Lipinski definition) is 3. The summed E-state index contributed by atoms with van der Waals surface area (Å²) in [5.41, 5.74) is 0.160. The van der Waals surface area contributed by atoms with Gasteiger partial charge in [-0.15, -0.1) is 0 Å². The van der Waals surface area contributed by atoms with Gasteiger partial charge in [0, 0.05) is 31.8 Å². The molecule has 0 radical (unpaired) electrons. The number of halogens is 1. The van der Waals surface area contributed by atoms with Gasteiger partial charge in [-0.05, 0) is 19.4 Å². The molecule has 1 atom stereocenters. The Kier molecular flexibility index (Phi) is 4.68. The van der Waals surface area contributed by atoms with Crippen molar-refractivity contribution in [2.45, 2.75) is 13.3 Å². The van der Waals surface area contributed by atoms with Gasteiger partial charge in [0.1, 0.15) is 0 Å². The average Bonchev–Trinajstić information content (AvgIpc) is 2.88. The van der Waals surface area contributed by atoms with Crippen LogP contribution in [-0.4, -0.2) is 42.2 Å². The first-order chi connectivity index (χ1) is 9.20. The molecule has 1 aliphatic rings. The van der Waals surface area contributed by atoms with Gasteiger partial charge < -0.3 is 15.0 Å². The fourth-order valence-electron chi connectivity index (χ4n) is 2.11. The van der Waals surface area contributed by atoms with Crippen LogP contribution in [-0.2, 0) is 4.74 Å². The van der Waals surface area contributed by atoms with Crippen molar-refractivity contribution in [1.82, 2.24) is 9.88 Å². The molecule has 2 rings (SSSR count). The van der Waals surface area contributed by atoms with Crippen molar-refractivity contribution in [1.29, 1.82) is 0 Å². The molecule has 1 N–H and O–H groups in total. The maximum Gasteiger partial charge on any atom is 0.321 e. The summed E-state index contributed by atoms with van der Waals surface area (Å²) in [5.74, 6) is -0.158. The predicted molar refractivity (Wildman–Crippen MR) is 69.4 cm³/mol. The van der Waals surface area contributed by atoms with Crippen molar-refractivity contribution in [3.05, 3.63) is 24.3 Å². The Morgan fingerprint density at radius 2 is 2.53 bits per heavy atom. The van der Waals surface area contributed by atoms with Gasteiger partial charge in [0.15, 0.2) is 5.82 Å². The number of urea groups is 1. The number of pyridine rings is 1. The number of likely N-dealkylation sites (tertiary alicyclic amines) is 1. The standard InChI is InChI=1S/C13H18FN3O2/c1-2-19-9-10-4-6-17(8-10)13(18)16-12-3-5-15-7-11(12)14/h3,5,7,10H,2,4,6,8-9H2,1H3,(H,15,16,18). The van der Waals surface area contributed by atoms with Gasteiger partial charge >= 0.3 is 6.03 Å². The lowest BCUT2D eigenvalue weighted by Gasteiger charge is -2.17. The van der Waals surface area contributed by atoms with Crippen molar-refractivity contribution < 1.29 is 13.9 Å². The number of amides is 2. The van der Waals surface area contributed by atoms with Crippen LogP contribution in [0.4, 0.5) is 14.9 Å². The number of hydrogen-bond donors (Lipinski definition) is 1. The molecule has 1 fully saturated rings. The summed E-state index contributed by atoms with van der Waals surface area (Å²) >= 11 is 0. The molecule has 2 amide bonds. The molecule has 1 aliphatic heterocycles. The number of rotatable bonds is 4. The van der Waals surface area contributed by atoms with E-state index >= 15 is 0 Å². The van der Waals surface area contributed by atoms with Crippen LogP contribution in [0.3, 0.4) is 0 Å². The van der Waals surface area contributed by atoms with E-state index in [0.29, 0.717) is 32.2 Å². The maximum absolute atomic E-state index is 13.4. The van der Waals surface area contributed by atoms with Crippen LogP contribution in [0.15, 0.2) is 18.5 Å². The quantitative estimate of drug-likeness (QED) is 0.909. The van der Waals surface area contributed by atoms with Gasteiger partial charge in [0.25, 0.3) is 0 Å². The lowest BCUT2D eigenvalue weighted by atomic mass is 10.1. The fraction of sp³-hybridized carbons (Fsp3) is 0.538. The summed E-state index contributed by atoms with van der Waals surface area (Å²) in [4.78, 5) is 17.3. The van der Waals surface area contributed by atoms with E-state index in [2.05, 4.69) is 10.3 Å². The molecule has 0 bridgehead atoms. The Bertz CT molecular complexity index is 442. The molecule has 0 spiro atoms. The molecular weight excluding hydrogens is 249 g/mol. The molecule has 1 saturated heterocycles. The molecule has 0 aliphatic carbocycles. The van der Waals surface area contributed by atoms with Gasteiger partial charge in [0.05, 0.1) is 18.5 Å². The minimum absolute atomic E-state index is 0.160. The molecule has 1 aromatic heterocycles. The molecule has 1 unspecified atom stereocenters. The van der Waals surface area contributed by atoms with E-state index < -0.39 is 5.82 Å². The summed E-state index contributed by atoms with van der Waals surface area (Å²) in [6.07, 6.45) is 3.45. The zero-order chi connectivity index (χ0) is 13.7. The van der Waals surface area contributed by atoms with Crippen LogP contribution >= 0.6 is 0 Å². The molecule has 2 heterocycles. The molecular formula is C13H18FN3O2. The third-order valence-corrected chi connectivity index (χ3v) is 3.14. The highest BCUT2D eigenvalue weighted by atomic mass is 19.1. The SMILES string of the molecule is CCOCC1CCN(C(=O)Nc2ccncc2F)C1. The third-order valence-electron chi connectivity index (χ3n) is 3.14. The highest BCUT2D eigenvalue weighted by Crippen LogP contribution is 2.18. The lowest BCUT2D eigenvalue weighted by molar-refractivity contribution is 0.113. The topological polar surface area (TPSA) is 54.5 Å². The number of nitrogens with one attached hydrogen (secondary N) is 1. The second kappa shape index (κ2) is 6.47. The summed E-state index contributed by atoms with van der Waals surface area (Å²) in [6, 6.07) is 1.17. The zero-order valence-electron chi connectivity index (χ0n) is 10.9. The molecule has 19 heavy (non-hydrogen) atoms. The van der Waals surface area contributed by atoms with Crippen molar-refractivity contribution in [3.63, 3.8) is 0 Å². The lowest BCUT2D eigenvalue weighted by Crippen LogP contribution is -2.33. The first kappa shape index (κ1) is 13.7. The number of ether oxygens (including phenoxy) is 1. The van der Waals surface area contributed by atoms with Gasteiger partial charge in [-0.3, -0.25) is 4.98 Å². The largest absolute Gasteiger partial charge is 0.381 e. The zero-order valence-corrected chi connectivity index (χ0v) is 10.9. The maximum atomic E-state index is 13.4. The summed E-state index contributed by atoms with van der Waals surface area (Å²) < 4.78 is 18.7. The first-order valence-corrected chi connectivity index (χ1v) is 6.44. The van der Waals surface area contributed by atoms with Crippen LogP contribution in [0.2, 0.25) is 0 Å². The molecule has 5 nitrogen and oxygen atoms in total. The van der Waals surface area contributed by atoms with Gasteiger partial charge in [0.2, 0.25) is 0 Å². The van der Waals surface area contributed by atoms with Gasteiger partial charge in [-0.25, -0.2) is 9.18 Å². The highest BCUT2D eigenvalue weighted by molar-refractivity contribution is 5.89. The summed E-state index contributed by atoms with van der Waals surface area (Å²) in [6.45, 7) is 4.63. The van der Waals surface area contributed by atoms with Crippen LogP contribution < -0.4 is 5.32 Å². The van der Waals surface area contributed by atoms with Crippen LogP contribution in [0.5, 0.6) is 0 Å². The minimum Gasteiger partial charge on any atom is -0.381 e. The number of carbonyl (C=O) groups is 1. The van der Waals surface area contributed by atoms with Gasteiger partial charge in [-0.2, -0.15) is 0 Å². The van der Waals surface area contributed by atoms with E-state index in [1.54, 1.807) is 4.90 Å². The van der Waals surface area contributed by atoms with Crippen molar-refractivity contribution in [3.8, 4) is 0 Å². The van der Waals surface area contributed by atoms with Crippen LogP contribution in [0, 0.1) is 11.7 Å². The molecule has 0 aromatic carbocycles. The Hall–Kier alpha value is -1.69. The Balaban J connectivity index is 1.86. The van der Waals surface area contributed by atoms with E-state index in [4.69, 9.17) is 4.74 Å². The van der Waals surface area contributed by atoms with Crippen LogP contribution in [0.1, 0.15) is 13.3 Å². The second-order valence-electron chi connectivity index (χ2n) is 4.55. The van der Waals surface area contributed by atoms with Crippen molar-refractivity contribution in [2.24, 2.45) is 5.92 Å². The smallest absolute Gasteiger partial charge is 0.321 e. The second-order valence-corrected chi connectivity index (χ2v) is 4.55. The Morgan fingerprint density at radius 3 is 3.26 bits per heavy atom. The molecule has 6 heteroatoms. The fourth-order valence-corrected chi connectivity index (χ4v) is 2.11. The highest BCUT2D eigenvalue weighted by Gasteiger charge is 2.26. The molecule has 1 aromatic rings. The van der Waals surface area contributed by atoms with E-state index in [1.807, 2.05) is 6.92 Å². The number of carbonyl (C=O) groups excluding carboxylic acids is 1. The van der Waals surface area contributed by atoms with Crippen molar-refractivity contribution >= 4 is 11.7 Å². The predicted octanol–water partition coefficient (Wildman–Crippen LogP) is 2.11. The van der Waals surface area contributed by atoms with E-state index in [-0.39, 0.29) is 11.7 Å². The summed E-state index contributed by atoms with van der Waals surface area (Å²) in [7, 11) is 0. The van der Waals surface area contributed by atoms with Crippen LogP contribution in [0.25, 0.3) is 0 Å². The summed E-state index contributed by atoms with van der Waals surface area (Å²) in [5, 5.41) is 2.56. The molecule has 104 valence electrons. The number of aromatic nitrogens is 1. The number of nitrogens with zero attached hydrogens (tertiary/aromatic N) is 2. The minimum atomic E-state index is -0.527. The van der Waals surface area contributed by atoms with E-state index in [9.17, 15) is 9.18 Å².